The Hall–Kier alpha value is -2.73. The zero-order valence-electron chi connectivity index (χ0n) is 15.4. The number of carbonyl (C=O) groups excluding carboxylic acids is 1. The van der Waals surface area contributed by atoms with Crippen LogP contribution in [0.25, 0.3) is 0 Å². The van der Waals surface area contributed by atoms with Crippen LogP contribution in [0.4, 0.5) is 0 Å². The lowest BCUT2D eigenvalue weighted by molar-refractivity contribution is 0.0920. The minimum atomic E-state index is -0.243. The third kappa shape index (κ3) is 5.14. The maximum Gasteiger partial charge on any atom is 0.286 e. The molecule has 0 saturated heterocycles. The third-order valence-corrected chi connectivity index (χ3v) is 4.34. The predicted molar refractivity (Wildman–Crippen MR) is 103 cm³/mol. The van der Waals surface area contributed by atoms with E-state index in [1.54, 1.807) is 24.3 Å². The first-order valence-electron chi connectivity index (χ1n) is 8.78. The number of amides is 1. The van der Waals surface area contributed by atoms with Gasteiger partial charge >= 0.3 is 0 Å². The van der Waals surface area contributed by atoms with Crippen LogP contribution in [0.5, 0.6) is 5.75 Å². The molecule has 0 aliphatic heterocycles. The SMILES string of the molecule is Cc1cc(C)n(CCCNC(=O)c2ccc(COc3ccccc3Cl)o2)n1. The zero-order chi connectivity index (χ0) is 19.2. The molecule has 0 atom stereocenters. The van der Waals surface area contributed by atoms with Crippen LogP contribution in [-0.4, -0.2) is 22.2 Å². The van der Waals surface area contributed by atoms with Crippen LogP contribution >= 0.6 is 11.6 Å². The predicted octanol–water partition coefficient (Wildman–Crippen LogP) is 4.15. The molecule has 2 heterocycles. The number of furan rings is 1. The number of hydrogen-bond donors (Lipinski definition) is 1. The molecule has 1 amide bonds. The lowest BCUT2D eigenvalue weighted by atomic mass is 10.3. The van der Waals surface area contributed by atoms with Gasteiger partial charge in [0, 0.05) is 18.8 Å². The number of aromatic nitrogens is 2. The van der Waals surface area contributed by atoms with E-state index < -0.39 is 0 Å². The summed E-state index contributed by atoms with van der Waals surface area (Å²) in [7, 11) is 0. The standard InChI is InChI=1S/C20H22ClN3O3/c1-14-12-15(2)24(23-14)11-5-10-22-20(25)19-9-8-16(27-19)13-26-18-7-4-3-6-17(18)21/h3-4,6-9,12H,5,10-11,13H2,1-2H3,(H,22,25). The van der Waals surface area contributed by atoms with Crippen molar-refractivity contribution in [2.24, 2.45) is 0 Å². The molecule has 142 valence electrons. The largest absolute Gasteiger partial charge is 0.484 e. The number of rotatable bonds is 8. The molecule has 0 radical (unpaired) electrons. The molecular formula is C20H22ClN3O3. The highest BCUT2D eigenvalue weighted by atomic mass is 35.5. The molecule has 0 fully saturated rings. The molecule has 0 spiro atoms. The third-order valence-electron chi connectivity index (χ3n) is 4.03. The minimum absolute atomic E-state index is 0.203. The van der Waals surface area contributed by atoms with E-state index in [1.165, 1.54) is 0 Å². The number of ether oxygens (including phenoxy) is 1. The highest BCUT2D eigenvalue weighted by Crippen LogP contribution is 2.24. The first kappa shape index (κ1) is 19.0. The van der Waals surface area contributed by atoms with Crippen molar-refractivity contribution in [1.82, 2.24) is 15.1 Å². The normalized spacial score (nSPS) is 10.8. The average Bonchev–Trinajstić information content (AvgIpc) is 3.24. The van der Waals surface area contributed by atoms with E-state index in [0.29, 0.717) is 23.1 Å². The van der Waals surface area contributed by atoms with Crippen molar-refractivity contribution in [2.45, 2.75) is 33.4 Å². The summed E-state index contributed by atoms with van der Waals surface area (Å²) in [5.74, 6) is 1.15. The quantitative estimate of drug-likeness (QED) is 0.589. The van der Waals surface area contributed by atoms with Gasteiger partial charge in [0.15, 0.2) is 5.76 Å². The Labute approximate surface area is 163 Å². The fourth-order valence-electron chi connectivity index (χ4n) is 2.71. The highest BCUT2D eigenvalue weighted by Gasteiger charge is 2.11. The van der Waals surface area contributed by atoms with Crippen molar-refractivity contribution in [2.75, 3.05) is 6.54 Å². The van der Waals surface area contributed by atoms with Crippen LogP contribution in [0.1, 0.15) is 34.1 Å². The number of carbonyl (C=O) groups is 1. The monoisotopic (exact) mass is 387 g/mol. The van der Waals surface area contributed by atoms with Gasteiger partial charge in [-0.25, -0.2) is 0 Å². The van der Waals surface area contributed by atoms with Crippen LogP contribution < -0.4 is 10.1 Å². The zero-order valence-corrected chi connectivity index (χ0v) is 16.1. The van der Waals surface area contributed by atoms with Gasteiger partial charge in [-0.2, -0.15) is 5.10 Å². The van der Waals surface area contributed by atoms with Gasteiger partial charge in [0.2, 0.25) is 0 Å². The topological polar surface area (TPSA) is 69.3 Å². The van der Waals surface area contributed by atoms with Crippen molar-refractivity contribution < 1.29 is 13.9 Å². The van der Waals surface area contributed by atoms with Gasteiger partial charge in [0.05, 0.1) is 10.7 Å². The summed E-state index contributed by atoms with van der Waals surface area (Å²) in [6, 6.07) is 12.6. The van der Waals surface area contributed by atoms with E-state index in [9.17, 15) is 4.79 Å². The molecule has 0 aliphatic carbocycles. The van der Waals surface area contributed by atoms with Gasteiger partial charge in [-0.05, 0) is 50.6 Å². The van der Waals surface area contributed by atoms with Crippen LogP contribution in [0.15, 0.2) is 46.9 Å². The van der Waals surface area contributed by atoms with Gasteiger partial charge in [0.25, 0.3) is 5.91 Å². The van der Waals surface area contributed by atoms with Gasteiger partial charge in [-0.1, -0.05) is 23.7 Å². The number of nitrogens with one attached hydrogen (secondary N) is 1. The van der Waals surface area contributed by atoms with Crippen molar-refractivity contribution in [3.63, 3.8) is 0 Å². The highest BCUT2D eigenvalue weighted by molar-refractivity contribution is 6.32. The summed E-state index contributed by atoms with van der Waals surface area (Å²) in [5.41, 5.74) is 2.12. The summed E-state index contributed by atoms with van der Waals surface area (Å²) in [6.45, 7) is 5.50. The molecule has 6 nitrogen and oxygen atoms in total. The van der Waals surface area contributed by atoms with E-state index >= 15 is 0 Å². The van der Waals surface area contributed by atoms with Gasteiger partial charge in [-0.15, -0.1) is 0 Å². The molecule has 0 unspecified atom stereocenters. The van der Waals surface area contributed by atoms with Crippen molar-refractivity contribution in [1.29, 1.82) is 0 Å². The number of para-hydroxylation sites is 1. The molecule has 0 bridgehead atoms. The maximum absolute atomic E-state index is 12.2. The Morgan fingerprint density at radius 3 is 2.81 bits per heavy atom. The number of hydrogen-bond acceptors (Lipinski definition) is 4. The molecule has 27 heavy (non-hydrogen) atoms. The molecular weight excluding hydrogens is 366 g/mol. The van der Waals surface area contributed by atoms with Gasteiger partial charge in [0.1, 0.15) is 18.1 Å². The second-order valence-corrected chi connectivity index (χ2v) is 6.65. The Bertz CT molecular complexity index is 917. The lowest BCUT2D eigenvalue weighted by Gasteiger charge is -2.06. The minimum Gasteiger partial charge on any atom is -0.484 e. The molecule has 2 aromatic heterocycles. The van der Waals surface area contributed by atoms with E-state index in [4.69, 9.17) is 20.8 Å². The summed E-state index contributed by atoms with van der Waals surface area (Å²) < 4.78 is 13.1. The number of nitrogens with zero attached hydrogens (tertiary/aromatic N) is 2. The summed E-state index contributed by atoms with van der Waals surface area (Å²) in [4.78, 5) is 12.2. The summed E-state index contributed by atoms with van der Waals surface area (Å²) in [5, 5.41) is 7.79. The van der Waals surface area contributed by atoms with Gasteiger partial charge < -0.3 is 14.5 Å². The maximum atomic E-state index is 12.2. The second-order valence-electron chi connectivity index (χ2n) is 6.24. The first-order chi connectivity index (χ1) is 13.0. The van der Waals surface area contributed by atoms with E-state index in [0.717, 1.165) is 24.4 Å². The number of benzene rings is 1. The Kier molecular flexibility index (Phi) is 6.19. The van der Waals surface area contributed by atoms with E-state index in [-0.39, 0.29) is 18.3 Å². The van der Waals surface area contributed by atoms with Crippen LogP contribution in [-0.2, 0) is 13.2 Å². The fraction of sp³-hybridized carbons (Fsp3) is 0.300. The average molecular weight is 388 g/mol. The van der Waals surface area contributed by atoms with Crippen molar-refractivity contribution in [3.05, 3.63) is 70.4 Å². The summed E-state index contributed by atoms with van der Waals surface area (Å²) >= 11 is 6.05. The molecule has 1 aromatic carbocycles. The fourth-order valence-corrected chi connectivity index (χ4v) is 2.90. The Balaban J connectivity index is 1.44. The van der Waals surface area contributed by atoms with Crippen LogP contribution in [0, 0.1) is 13.8 Å². The van der Waals surface area contributed by atoms with E-state index in [2.05, 4.69) is 10.4 Å². The number of halogens is 1. The second kappa shape index (κ2) is 8.77. The molecule has 1 N–H and O–H groups in total. The Morgan fingerprint density at radius 2 is 2.07 bits per heavy atom. The van der Waals surface area contributed by atoms with Crippen molar-refractivity contribution >= 4 is 17.5 Å². The first-order valence-corrected chi connectivity index (χ1v) is 9.16. The molecule has 0 saturated carbocycles. The molecule has 3 rings (SSSR count). The summed E-state index contributed by atoms with van der Waals surface area (Å²) in [6.07, 6.45) is 0.789. The molecule has 3 aromatic rings. The Morgan fingerprint density at radius 1 is 1.26 bits per heavy atom. The van der Waals surface area contributed by atoms with Crippen LogP contribution in [0.2, 0.25) is 5.02 Å². The van der Waals surface area contributed by atoms with Crippen LogP contribution in [0.3, 0.4) is 0 Å². The molecule has 7 heteroatoms. The lowest BCUT2D eigenvalue weighted by Crippen LogP contribution is -2.25. The number of aryl methyl sites for hydroxylation is 3. The smallest absolute Gasteiger partial charge is 0.286 e. The molecule has 0 aliphatic rings. The van der Waals surface area contributed by atoms with Crippen molar-refractivity contribution in [3.8, 4) is 5.75 Å². The van der Waals surface area contributed by atoms with Gasteiger partial charge in [-0.3, -0.25) is 9.48 Å². The van der Waals surface area contributed by atoms with E-state index in [1.807, 2.05) is 36.7 Å².